The van der Waals surface area contributed by atoms with Crippen LogP contribution in [0.2, 0.25) is 0 Å². The van der Waals surface area contributed by atoms with Crippen LogP contribution in [0.5, 0.6) is 0 Å². The topological polar surface area (TPSA) is 66.9 Å². The lowest BCUT2D eigenvalue weighted by Gasteiger charge is -2.13. The summed E-state index contributed by atoms with van der Waals surface area (Å²) in [6.07, 6.45) is 3.62. The molecule has 1 aromatic heterocycles. The normalized spacial score (nSPS) is 10.6. The molecule has 0 radical (unpaired) electrons. The van der Waals surface area contributed by atoms with Crippen LogP contribution >= 0.6 is 0 Å². The second kappa shape index (κ2) is 8.61. The fraction of sp³-hybridized carbons (Fsp3) is 0.227. The van der Waals surface area contributed by atoms with Gasteiger partial charge >= 0.3 is 0 Å². The molecule has 0 atom stereocenters. The van der Waals surface area contributed by atoms with Crippen molar-refractivity contribution in [2.75, 3.05) is 11.9 Å². The van der Waals surface area contributed by atoms with E-state index in [4.69, 9.17) is 0 Å². The number of anilines is 2. The van der Waals surface area contributed by atoms with Crippen molar-refractivity contribution in [1.29, 1.82) is 0 Å². The first kappa shape index (κ1) is 19.5. The van der Waals surface area contributed by atoms with E-state index in [1.807, 2.05) is 13.8 Å². The van der Waals surface area contributed by atoms with Gasteiger partial charge in [0, 0.05) is 12.2 Å². The third-order valence-electron chi connectivity index (χ3n) is 4.43. The molecular formula is C22H23FN4O. The first-order valence-corrected chi connectivity index (χ1v) is 9.12. The Morgan fingerprint density at radius 3 is 2.29 bits per heavy atom. The maximum Gasteiger partial charge on any atom is 0.271 e. The smallest absolute Gasteiger partial charge is 0.271 e. The minimum atomic E-state index is -0.288. The number of aryl methyl sites for hydroxylation is 3. The molecule has 0 unspecified atom stereocenters. The van der Waals surface area contributed by atoms with Crippen molar-refractivity contribution in [2.24, 2.45) is 0 Å². The van der Waals surface area contributed by atoms with Gasteiger partial charge in [-0.2, -0.15) is 0 Å². The van der Waals surface area contributed by atoms with Gasteiger partial charge in [0.25, 0.3) is 5.91 Å². The quantitative estimate of drug-likeness (QED) is 0.673. The molecule has 1 heterocycles. The van der Waals surface area contributed by atoms with Crippen molar-refractivity contribution >= 4 is 17.4 Å². The number of aromatic nitrogens is 2. The molecule has 0 aliphatic heterocycles. The number of rotatable bonds is 6. The number of carbonyl (C=O) groups excluding carboxylic acids is 1. The van der Waals surface area contributed by atoms with Gasteiger partial charge in [0.15, 0.2) is 0 Å². The van der Waals surface area contributed by atoms with Gasteiger partial charge in [0.2, 0.25) is 0 Å². The molecule has 3 aromatic rings. The Morgan fingerprint density at radius 2 is 1.68 bits per heavy atom. The first-order valence-electron chi connectivity index (χ1n) is 9.12. The average molecular weight is 378 g/mol. The van der Waals surface area contributed by atoms with Crippen molar-refractivity contribution in [3.63, 3.8) is 0 Å². The number of nitrogens with one attached hydrogen (secondary N) is 2. The highest BCUT2D eigenvalue weighted by molar-refractivity contribution is 5.92. The Balaban J connectivity index is 1.57. The van der Waals surface area contributed by atoms with Crippen molar-refractivity contribution in [2.45, 2.75) is 27.2 Å². The van der Waals surface area contributed by atoms with Crippen LogP contribution in [0, 0.1) is 26.6 Å². The molecule has 3 rings (SSSR count). The van der Waals surface area contributed by atoms with E-state index in [0.717, 1.165) is 22.4 Å². The largest absolute Gasteiger partial charge is 0.350 e. The van der Waals surface area contributed by atoms with Crippen LogP contribution in [0.25, 0.3) is 0 Å². The highest BCUT2D eigenvalue weighted by atomic mass is 19.1. The molecule has 0 spiro atoms. The second-order valence-corrected chi connectivity index (χ2v) is 6.82. The van der Waals surface area contributed by atoms with Gasteiger partial charge in [-0.05, 0) is 56.0 Å². The number of benzene rings is 2. The molecule has 1 amide bonds. The molecule has 28 heavy (non-hydrogen) atoms. The summed E-state index contributed by atoms with van der Waals surface area (Å²) in [7, 11) is 0. The van der Waals surface area contributed by atoms with Crippen LogP contribution in [0.4, 0.5) is 15.9 Å². The fourth-order valence-electron chi connectivity index (χ4n) is 3.08. The van der Waals surface area contributed by atoms with E-state index < -0.39 is 0 Å². The van der Waals surface area contributed by atoms with Crippen LogP contribution in [0.1, 0.15) is 32.7 Å². The molecule has 0 fully saturated rings. The minimum Gasteiger partial charge on any atom is -0.350 e. The average Bonchev–Trinajstić information content (AvgIpc) is 2.66. The third kappa shape index (κ3) is 4.91. The van der Waals surface area contributed by atoms with E-state index >= 15 is 0 Å². The van der Waals surface area contributed by atoms with E-state index in [2.05, 4.69) is 39.7 Å². The second-order valence-electron chi connectivity index (χ2n) is 6.82. The molecule has 6 heteroatoms. The van der Waals surface area contributed by atoms with Crippen LogP contribution in [-0.4, -0.2) is 22.4 Å². The lowest BCUT2D eigenvalue weighted by Crippen LogP contribution is -2.26. The van der Waals surface area contributed by atoms with Crippen molar-refractivity contribution < 1.29 is 9.18 Å². The summed E-state index contributed by atoms with van der Waals surface area (Å²) in [5, 5.41) is 6.07. The lowest BCUT2D eigenvalue weighted by molar-refractivity contribution is 0.0949. The van der Waals surface area contributed by atoms with Crippen LogP contribution in [0.3, 0.4) is 0 Å². The summed E-state index contributed by atoms with van der Waals surface area (Å²) >= 11 is 0. The number of hydrogen-bond donors (Lipinski definition) is 2. The van der Waals surface area contributed by atoms with Crippen molar-refractivity contribution in [3.05, 3.63) is 82.6 Å². The molecule has 0 bridgehead atoms. The number of amides is 1. The molecule has 2 aromatic carbocycles. The zero-order chi connectivity index (χ0) is 20.1. The molecule has 144 valence electrons. The van der Waals surface area contributed by atoms with Crippen molar-refractivity contribution in [3.8, 4) is 0 Å². The molecule has 2 N–H and O–H groups in total. The van der Waals surface area contributed by atoms with Gasteiger partial charge in [-0.25, -0.2) is 14.4 Å². The lowest BCUT2D eigenvalue weighted by atomic mass is 10.1. The van der Waals surface area contributed by atoms with E-state index in [0.29, 0.717) is 18.8 Å². The maximum absolute atomic E-state index is 12.9. The van der Waals surface area contributed by atoms with E-state index in [1.54, 1.807) is 18.3 Å². The SMILES string of the molecule is Cc1cc(C)c(Nc2cnc(C(=O)NCCc3ccc(F)cc3)cn2)c(C)c1. The summed E-state index contributed by atoms with van der Waals surface area (Å²) in [5.41, 5.74) is 5.66. The Labute approximate surface area is 164 Å². The zero-order valence-corrected chi connectivity index (χ0v) is 16.2. The number of carbonyl (C=O) groups is 1. The number of halogens is 1. The minimum absolute atomic E-state index is 0.252. The molecular weight excluding hydrogens is 355 g/mol. The van der Waals surface area contributed by atoms with E-state index in [-0.39, 0.29) is 17.4 Å². The molecule has 0 saturated heterocycles. The number of hydrogen-bond acceptors (Lipinski definition) is 4. The predicted molar refractivity (Wildman–Crippen MR) is 108 cm³/mol. The molecule has 5 nitrogen and oxygen atoms in total. The highest BCUT2D eigenvalue weighted by Gasteiger charge is 2.09. The molecule has 0 saturated carbocycles. The van der Waals surface area contributed by atoms with Gasteiger partial charge in [-0.1, -0.05) is 29.8 Å². The highest BCUT2D eigenvalue weighted by Crippen LogP contribution is 2.24. The molecule has 0 aliphatic rings. The predicted octanol–water partition coefficient (Wildman–Crippen LogP) is 4.26. The van der Waals surface area contributed by atoms with Gasteiger partial charge in [0.1, 0.15) is 17.3 Å². The zero-order valence-electron chi connectivity index (χ0n) is 16.2. The van der Waals surface area contributed by atoms with E-state index in [1.165, 1.54) is 23.9 Å². The Bertz CT molecular complexity index is 946. The van der Waals surface area contributed by atoms with Gasteiger partial charge in [-0.3, -0.25) is 4.79 Å². The Hall–Kier alpha value is -3.28. The monoisotopic (exact) mass is 378 g/mol. The number of nitrogens with zero attached hydrogens (tertiary/aromatic N) is 2. The van der Waals surface area contributed by atoms with Gasteiger partial charge in [0.05, 0.1) is 12.4 Å². The summed E-state index contributed by atoms with van der Waals surface area (Å²) in [6, 6.07) is 10.4. The van der Waals surface area contributed by atoms with E-state index in [9.17, 15) is 9.18 Å². The standard InChI is InChI=1S/C22H23FN4O/c1-14-10-15(2)21(16(3)11-14)27-20-13-25-19(12-26-20)22(28)24-9-8-17-4-6-18(23)7-5-17/h4-7,10-13H,8-9H2,1-3H3,(H,24,28)(H,26,27). The third-order valence-corrected chi connectivity index (χ3v) is 4.43. The Morgan fingerprint density at radius 1 is 1.00 bits per heavy atom. The Kier molecular flexibility index (Phi) is 5.99. The summed E-state index contributed by atoms with van der Waals surface area (Å²) < 4.78 is 12.9. The summed E-state index contributed by atoms with van der Waals surface area (Å²) in [6.45, 7) is 6.58. The van der Waals surface area contributed by atoms with Crippen LogP contribution in [-0.2, 0) is 6.42 Å². The maximum atomic E-state index is 12.9. The summed E-state index contributed by atoms with van der Waals surface area (Å²) in [5.74, 6) is 0.0227. The van der Waals surface area contributed by atoms with Crippen LogP contribution < -0.4 is 10.6 Å². The van der Waals surface area contributed by atoms with Crippen molar-refractivity contribution in [1.82, 2.24) is 15.3 Å². The van der Waals surface area contributed by atoms with Crippen LogP contribution in [0.15, 0.2) is 48.8 Å². The van der Waals surface area contributed by atoms with Gasteiger partial charge < -0.3 is 10.6 Å². The summed E-state index contributed by atoms with van der Waals surface area (Å²) in [4.78, 5) is 20.7. The fourth-order valence-corrected chi connectivity index (χ4v) is 3.08. The first-order chi connectivity index (χ1) is 13.4. The van der Waals surface area contributed by atoms with Gasteiger partial charge in [-0.15, -0.1) is 0 Å². The molecule has 0 aliphatic carbocycles.